The minimum atomic E-state index is 0.338. The Morgan fingerprint density at radius 3 is 2.67 bits per heavy atom. The second kappa shape index (κ2) is 6.89. The molecule has 0 amide bonds. The van der Waals surface area contributed by atoms with E-state index >= 15 is 0 Å². The third-order valence-electron chi connectivity index (χ3n) is 3.41. The first-order valence-corrected chi connectivity index (χ1v) is 7.74. The van der Waals surface area contributed by atoms with Crippen LogP contribution in [-0.2, 0) is 12.8 Å². The van der Waals surface area contributed by atoms with Crippen LogP contribution in [0.1, 0.15) is 36.6 Å². The largest absolute Gasteiger partial charge is 0.496 e. The molecule has 0 aliphatic heterocycles. The van der Waals surface area contributed by atoms with E-state index in [9.17, 15) is 0 Å². The number of anilines is 1. The number of methoxy groups -OCH3 is 1. The summed E-state index contributed by atoms with van der Waals surface area (Å²) < 4.78 is 6.21. The highest BCUT2D eigenvalue weighted by Crippen LogP contribution is 2.26. The van der Waals surface area contributed by atoms with Gasteiger partial charge in [0, 0.05) is 11.9 Å². The number of aromatic nitrogens is 2. The fourth-order valence-electron chi connectivity index (χ4n) is 2.25. The number of nitrogens with zero attached hydrogens (tertiary/aromatic N) is 2. The van der Waals surface area contributed by atoms with Gasteiger partial charge in [0.05, 0.1) is 11.6 Å². The number of hydrogen-bond donors (Lipinski definition) is 1. The van der Waals surface area contributed by atoms with Crippen LogP contribution in [0.4, 0.5) is 5.95 Å². The number of aryl methyl sites for hydroxylation is 2. The third-order valence-corrected chi connectivity index (χ3v) is 4.03. The Bertz CT molecular complexity index is 629. The minimum Gasteiger partial charge on any atom is -0.496 e. The first-order chi connectivity index (χ1) is 10.0. The van der Waals surface area contributed by atoms with Crippen molar-refractivity contribution in [3.63, 3.8) is 0 Å². The number of ether oxygens (including phenoxy) is 1. The number of rotatable bonds is 5. The van der Waals surface area contributed by atoms with E-state index in [1.165, 1.54) is 5.56 Å². The van der Waals surface area contributed by atoms with Crippen LogP contribution in [0.15, 0.2) is 28.9 Å². The highest BCUT2D eigenvalue weighted by atomic mass is 79.9. The summed E-state index contributed by atoms with van der Waals surface area (Å²) >= 11 is 3.51. The molecule has 0 aliphatic carbocycles. The second-order valence-corrected chi connectivity index (χ2v) is 6.11. The lowest BCUT2D eigenvalue weighted by Crippen LogP contribution is -2.06. The van der Waals surface area contributed by atoms with Gasteiger partial charge in [-0.1, -0.05) is 19.9 Å². The number of nitrogen functional groups attached to an aromatic ring is 1. The molecular formula is C16H20BrN3O. The predicted molar refractivity (Wildman–Crippen MR) is 88.6 cm³/mol. The fraction of sp³-hybridized carbons (Fsp3) is 0.375. The highest BCUT2D eigenvalue weighted by Gasteiger charge is 2.10. The molecule has 0 bridgehead atoms. The van der Waals surface area contributed by atoms with Gasteiger partial charge in [0.15, 0.2) is 0 Å². The van der Waals surface area contributed by atoms with Gasteiger partial charge in [-0.3, -0.25) is 0 Å². The van der Waals surface area contributed by atoms with Crippen molar-refractivity contribution in [1.82, 2.24) is 9.97 Å². The van der Waals surface area contributed by atoms with E-state index < -0.39 is 0 Å². The zero-order chi connectivity index (χ0) is 15.4. The lowest BCUT2D eigenvalue weighted by molar-refractivity contribution is 0.412. The van der Waals surface area contributed by atoms with Crippen LogP contribution in [0.2, 0.25) is 0 Å². The van der Waals surface area contributed by atoms with Gasteiger partial charge >= 0.3 is 0 Å². The number of hydrogen-bond acceptors (Lipinski definition) is 4. The number of halogens is 1. The van der Waals surface area contributed by atoms with E-state index in [1.54, 1.807) is 7.11 Å². The first-order valence-electron chi connectivity index (χ1n) is 6.95. The Balaban J connectivity index is 2.16. The van der Waals surface area contributed by atoms with Gasteiger partial charge in [-0.05, 0) is 57.9 Å². The van der Waals surface area contributed by atoms with Crippen molar-refractivity contribution in [2.45, 2.75) is 32.6 Å². The molecule has 0 fully saturated rings. The smallest absolute Gasteiger partial charge is 0.220 e. The van der Waals surface area contributed by atoms with Crippen molar-refractivity contribution >= 4 is 21.9 Å². The maximum atomic E-state index is 5.71. The molecule has 112 valence electrons. The monoisotopic (exact) mass is 349 g/mol. The van der Waals surface area contributed by atoms with Crippen LogP contribution in [0.5, 0.6) is 5.75 Å². The zero-order valence-electron chi connectivity index (χ0n) is 12.6. The van der Waals surface area contributed by atoms with E-state index in [4.69, 9.17) is 10.5 Å². The van der Waals surface area contributed by atoms with Crippen molar-refractivity contribution in [1.29, 1.82) is 0 Å². The Kier molecular flexibility index (Phi) is 5.17. The third kappa shape index (κ3) is 3.94. The van der Waals surface area contributed by atoms with Gasteiger partial charge in [0.25, 0.3) is 0 Å². The maximum Gasteiger partial charge on any atom is 0.220 e. The van der Waals surface area contributed by atoms with Gasteiger partial charge in [0.2, 0.25) is 5.95 Å². The summed E-state index contributed by atoms with van der Waals surface area (Å²) in [4.78, 5) is 8.49. The van der Waals surface area contributed by atoms with Gasteiger partial charge in [-0.15, -0.1) is 0 Å². The van der Waals surface area contributed by atoms with Crippen molar-refractivity contribution in [3.05, 3.63) is 45.7 Å². The molecule has 0 spiro atoms. The average molecular weight is 350 g/mol. The van der Waals surface area contributed by atoms with E-state index in [0.29, 0.717) is 11.9 Å². The molecule has 2 rings (SSSR count). The summed E-state index contributed by atoms with van der Waals surface area (Å²) in [6.07, 6.45) is 3.59. The van der Waals surface area contributed by atoms with Crippen LogP contribution in [0, 0.1) is 0 Å². The van der Waals surface area contributed by atoms with Gasteiger partial charge in [0.1, 0.15) is 5.75 Å². The lowest BCUT2D eigenvalue weighted by Gasteiger charge is -2.12. The second-order valence-electron chi connectivity index (χ2n) is 5.25. The Hall–Kier alpha value is -1.62. The normalized spacial score (nSPS) is 10.9. The van der Waals surface area contributed by atoms with Crippen LogP contribution < -0.4 is 10.5 Å². The molecule has 21 heavy (non-hydrogen) atoms. The van der Waals surface area contributed by atoms with E-state index in [1.807, 2.05) is 12.3 Å². The minimum absolute atomic E-state index is 0.338. The van der Waals surface area contributed by atoms with Gasteiger partial charge in [-0.25, -0.2) is 9.97 Å². The van der Waals surface area contributed by atoms with E-state index in [2.05, 4.69) is 51.9 Å². The molecule has 0 radical (unpaired) electrons. The topological polar surface area (TPSA) is 61.0 Å². The van der Waals surface area contributed by atoms with Crippen molar-refractivity contribution in [2.75, 3.05) is 12.8 Å². The molecule has 1 heterocycles. The molecule has 0 unspecified atom stereocenters. The summed E-state index contributed by atoms with van der Waals surface area (Å²) in [6.45, 7) is 4.28. The summed E-state index contributed by atoms with van der Waals surface area (Å²) in [6, 6.07) is 6.12. The molecule has 5 heteroatoms. The maximum absolute atomic E-state index is 5.71. The van der Waals surface area contributed by atoms with Crippen LogP contribution in [0.25, 0.3) is 0 Å². The zero-order valence-corrected chi connectivity index (χ0v) is 14.1. The summed E-state index contributed by atoms with van der Waals surface area (Å²) in [5.74, 6) is 1.57. The fourth-order valence-corrected chi connectivity index (χ4v) is 2.84. The Morgan fingerprint density at radius 2 is 2.05 bits per heavy atom. The molecule has 2 N–H and O–H groups in total. The molecule has 1 aromatic carbocycles. The molecule has 0 aliphatic rings. The summed E-state index contributed by atoms with van der Waals surface area (Å²) in [5, 5.41) is 0. The summed E-state index contributed by atoms with van der Waals surface area (Å²) in [7, 11) is 1.67. The van der Waals surface area contributed by atoms with Crippen molar-refractivity contribution in [3.8, 4) is 5.75 Å². The Morgan fingerprint density at radius 1 is 1.29 bits per heavy atom. The standard InChI is InChI=1S/C16H20BrN3O/c1-10(2)12-9-19-16(18)20-14(12)6-4-11-5-7-15(21-3)13(17)8-11/h5,7-10H,4,6H2,1-3H3,(H2,18,19,20). The lowest BCUT2D eigenvalue weighted by atomic mass is 9.99. The van der Waals surface area contributed by atoms with Crippen LogP contribution in [-0.4, -0.2) is 17.1 Å². The van der Waals surface area contributed by atoms with Gasteiger partial charge in [-0.2, -0.15) is 0 Å². The number of nitrogens with two attached hydrogens (primary N) is 1. The molecular weight excluding hydrogens is 330 g/mol. The average Bonchev–Trinajstić information content (AvgIpc) is 2.45. The quantitative estimate of drug-likeness (QED) is 0.892. The van der Waals surface area contributed by atoms with Crippen LogP contribution in [0.3, 0.4) is 0 Å². The van der Waals surface area contributed by atoms with E-state index in [-0.39, 0.29) is 0 Å². The molecule has 0 saturated carbocycles. The van der Waals surface area contributed by atoms with Gasteiger partial charge < -0.3 is 10.5 Å². The molecule has 1 aromatic heterocycles. The van der Waals surface area contributed by atoms with E-state index in [0.717, 1.165) is 34.3 Å². The van der Waals surface area contributed by atoms with Crippen LogP contribution >= 0.6 is 15.9 Å². The Labute approximate surface area is 133 Å². The summed E-state index contributed by atoms with van der Waals surface area (Å²) in [5.41, 5.74) is 9.14. The predicted octanol–water partition coefficient (Wildman–Crippen LogP) is 3.74. The van der Waals surface area contributed by atoms with Crippen molar-refractivity contribution < 1.29 is 4.74 Å². The number of benzene rings is 1. The SMILES string of the molecule is COc1ccc(CCc2nc(N)ncc2C(C)C)cc1Br. The molecule has 2 aromatic rings. The first kappa shape index (κ1) is 15.8. The van der Waals surface area contributed by atoms with Crippen molar-refractivity contribution in [2.24, 2.45) is 0 Å². The molecule has 0 atom stereocenters. The molecule has 0 saturated heterocycles. The molecule has 4 nitrogen and oxygen atoms in total. The highest BCUT2D eigenvalue weighted by molar-refractivity contribution is 9.10.